The molecule has 0 saturated heterocycles. The Bertz CT molecular complexity index is 866. The van der Waals surface area contributed by atoms with Crippen LogP contribution in [0.5, 0.6) is 0 Å². The van der Waals surface area contributed by atoms with E-state index in [2.05, 4.69) is 20.6 Å². The van der Waals surface area contributed by atoms with E-state index >= 15 is 0 Å². The summed E-state index contributed by atoms with van der Waals surface area (Å²) in [5.74, 6) is -1.51. The lowest BCUT2D eigenvalue weighted by Crippen LogP contribution is -2.03. The van der Waals surface area contributed by atoms with Crippen LogP contribution >= 0.6 is 0 Å². The van der Waals surface area contributed by atoms with Gasteiger partial charge in [-0.2, -0.15) is 4.98 Å². The second-order valence-electron chi connectivity index (χ2n) is 5.10. The van der Waals surface area contributed by atoms with Crippen molar-refractivity contribution in [3.63, 3.8) is 0 Å². The van der Waals surface area contributed by atoms with Crippen molar-refractivity contribution in [2.45, 2.75) is 6.92 Å². The Hall–Kier alpha value is -3.09. The Morgan fingerprint density at radius 1 is 0.750 bits per heavy atom. The smallest absolute Gasteiger partial charge is 0.229 e. The highest BCUT2D eigenvalue weighted by molar-refractivity contribution is 5.60. The first-order valence-corrected chi connectivity index (χ1v) is 7.10. The zero-order valence-electron chi connectivity index (χ0n) is 12.6. The molecule has 0 saturated carbocycles. The zero-order valence-corrected chi connectivity index (χ0v) is 12.6. The molecule has 0 atom stereocenters. The topological polar surface area (TPSA) is 49.8 Å². The van der Waals surface area contributed by atoms with Gasteiger partial charge in [-0.1, -0.05) is 0 Å². The summed E-state index contributed by atoms with van der Waals surface area (Å²) in [5, 5.41) is 5.85. The Morgan fingerprint density at radius 3 is 2.17 bits per heavy atom. The van der Waals surface area contributed by atoms with E-state index in [9.17, 15) is 13.2 Å². The standard InChI is InChI=1S/C17H13F3N4/c1-10-8-16(22-12-4-2-11(18)3-5-12)24-17(21-10)23-13-6-7-14(19)15(20)9-13/h2-9H,1H3,(H2,21,22,23,24). The third kappa shape index (κ3) is 3.81. The first-order valence-electron chi connectivity index (χ1n) is 7.10. The lowest BCUT2D eigenvalue weighted by molar-refractivity contribution is 0.509. The van der Waals surface area contributed by atoms with Crippen LogP contribution in [0, 0.1) is 24.4 Å². The summed E-state index contributed by atoms with van der Waals surface area (Å²) in [7, 11) is 0. The van der Waals surface area contributed by atoms with Crippen LogP contribution in [0.4, 0.5) is 36.3 Å². The summed E-state index contributed by atoms with van der Waals surface area (Å²) >= 11 is 0. The van der Waals surface area contributed by atoms with E-state index < -0.39 is 11.6 Å². The Labute approximate surface area is 136 Å². The molecule has 0 spiro atoms. The molecule has 0 unspecified atom stereocenters. The molecule has 0 aliphatic rings. The summed E-state index contributed by atoms with van der Waals surface area (Å²) in [5.41, 5.74) is 1.65. The van der Waals surface area contributed by atoms with Crippen molar-refractivity contribution in [1.82, 2.24) is 9.97 Å². The fourth-order valence-corrected chi connectivity index (χ4v) is 2.07. The van der Waals surface area contributed by atoms with Gasteiger partial charge in [-0.15, -0.1) is 0 Å². The van der Waals surface area contributed by atoms with E-state index in [0.717, 1.165) is 12.1 Å². The number of aryl methyl sites for hydroxylation is 1. The summed E-state index contributed by atoms with van der Waals surface area (Å²) in [6, 6.07) is 11.0. The summed E-state index contributed by atoms with van der Waals surface area (Å²) < 4.78 is 39.2. The van der Waals surface area contributed by atoms with E-state index in [1.165, 1.54) is 18.2 Å². The van der Waals surface area contributed by atoms with Gasteiger partial charge in [0.05, 0.1) is 0 Å². The molecule has 0 aliphatic heterocycles. The van der Waals surface area contributed by atoms with E-state index in [1.807, 2.05) is 0 Å². The van der Waals surface area contributed by atoms with Crippen LogP contribution in [0.2, 0.25) is 0 Å². The van der Waals surface area contributed by atoms with Crippen molar-refractivity contribution in [3.05, 3.63) is 71.7 Å². The van der Waals surface area contributed by atoms with Crippen LogP contribution in [-0.4, -0.2) is 9.97 Å². The van der Waals surface area contributed by atoms with Gasteiger partial charge in [0.2, 0.25) is 5.95 Å². The minimum Gasteiger partial charge on any atom is -0.340 e. The molecule has 1 aromatic heterocycles. The molecular formula is C17H13F3N4. The van der Waals surface area contributed by atoms with E-state index in [1.54, 1.807) is 25.1 Å². The lowest BCUT2D eigenvalue weighted by Gasteiger charge is -2.10. The Kier molecular flexibility index (Phi) is 4.33. The van der Waals surface area contributed by atoms with Crippen LogP contribution < -0.4 is 10.6 Å². The van der Waals surface area contributed by atoms with Gasteiger partial charge in [0.25, 0.3) is 0 Å². The molecule has 4 nitrogen and oxygen atoms in total. The average molecular weight is 330 g/mol. The van der Waals surface area contributed by atoms with Gasteiger partial charge in [-0.05, 0) is 43.3 Å². The number of rotatable bonds is 4. The van der Waals surface area contributed by atoms with Crippen molar-refractivity contribution in [2.24, 2.45) is 0 Å². The number of nitrogens with zero attached hydrogens (tertiary/aromatic N) is 2. The van der Waals surface area contributed by atoms with Gasteiger partial charge in [-0.3, -0.25) is 0 Å². The van der Waals surface area contributed by atoms with Crippen molar-refractivity contribution < 1.29 is 13.2 Å². The van der Waals surface area contributed by atoms with Gasteiger partial charge >= 0.3 is 0 Å². The maximum absolute atomic E-state index is 13.3. The highest BCUT2D eigenvalue weighted by Gasteiger charge is 2.06. The van der Waals surface area contributed by atoms with Crippen molar-refractivity contribution in [3.8, 4) is 0 Å². The van der Waals surface area contributed by atoms with Gasteiger partial charge in [0, 0.05) is 29.2 Å². The Morgan fingerprint density at radius 2 is 1.46 bits per heavy atom. The monoisotopic (exact) mass is 330 g/mol. The lowest BCUT2D eigenvalue weighted by atomic mass is 10.3. The molecule has 0 amide bonds. The number of nitrogens with one attached hydrogen (secondary N) is 2. The fourth-order valence-electron chi connectivity index (χ4n) is 2.07. The molecule has 2 aromatic carbocycles. The number of aromatic nitrogens is 2. The molecule has 0 bridgehead atoms. The molecule has 0 radical (unpaired) electrons. The highest BCUT2D eigenvalue weighted by atomic mass is 19.2. The quantitative estimate of drug-likeness (QED) is 0.729. The first kappa shape index (κ1) is 15.8. The fraction of sp³-hybridized carbons (Fsp3) is 0.0588. The number of hydrogen-bond donors (Lipinski definition) is 2. The SMILES string of the molecule is Cc1cc(Nc2ccc(F)cc2)nc(Nc2ccc(F)c(F)c2)n1. The predicted octanol–water partition coefficient (Wildman–Crippen LogP) is 4.69. The Balaban J connectivity index is 1.82. The van der Waals surface area contributed by atoms with Crippen LogP contribution in [0.1, 0.15) is 5.69 Å². The van der Waals surface area contributed by atoms with Gasteiger partial charge in [0.15, 0.2) is 11.6 Å². The van der Waals surface area contributed by atoms with E-state index in [-0.39, 0.29) is 11.8 Å². The summed E-state index contributed by atoms with van der Waals surface area (Å²) in [6.07, 6.45) is 0. The summed E-state index contributed by atoms with van der Waals surface area (Å²) in [4.78, 5) is 8.45. The zero-order chi connectivity index (χ0) is 17.1. The van der Waals surface area contributed by atoms with Crippen LogP contribution in [0.3, 0.4) is 0 Å². The molecule has 3 rings (SSSR count). The largest absolute Gasteiger partial charge is 0.340 e. The highest BCUT2D eigenvalue weighted by Crippen LogP contribution is 2.20. The predicted molar refractivity (Wildman–Crippen MR) is 86.1 cm³/mol. The van der Waals surface area contributed by atoms with E-state index in [0.29, 0.717) is 22.9 Å². The third-order valence-corrected chi connectivity index (χ3v) is 3.15. The normalized spacial score (nSPS) is 10.5. The second-order valence-corrected chi connectivity index (χ2v) is 5.10. The van der Waals surface area contributed by atoms with Crippen molar-refractivity contribution >= 4 is 23.1 Å². The first-order chi connectivity index (χ1) is 11.5. The average Bonchev–Trinajstić information content (AvgIpc) is 2.53. The number of halogens is 3. The molecule has 1 heterocycles. The molecule has 7 heteroatoms. The van der Waals surface area contributed by atoms with Gasteiger partial charge in [-0.25, -0.2) is 18.2 Å². The maximum Gasteiger partial charge on any atom is 0.229 e. The van der Waals surface area contributed by atoms with Crippen LogP contribution in [0.25, 0.3) is 0 Å². The molecule has 0 aliphatic carbocycles. The van der Waals surface area contributed by atoms with Crippen LogP contribution in [0.15, 0.2) is 48.5 Å². The van der Waals surface area contributed by atoms with Gasteiger partial charge in [0.1, 0.15) is 11.6 Å². The maximum atomic E-state index is 13.3. The summed E-state index contributed by atoms with van der Waals surface area (Å²) in [6.45, 7) is 1.77. The minimum absolute atomic E-state index is 0.227. The molecule has 24 heavy (non-hydrogen) atoms. The molecule has 2 N–H and O–H groups in total. The van der Waals surface area contributed by atoms with Crippen LogP contribution in [-0.2, 0) is 0 Å². The second kappa shape index (κ2) is 6.57. The third-order valence-electron chi connectivity index (χ3n) is 3.15. The van der Waals surface area contributed by atoms with Gasteiger partial charge < -0.3 is 10.6 Å². The number of benzene rings is 2. The molecule has 0 fully saturated rings. The van der Waals surface area contributed by atoms with Crippen molar-refractivity contribution in [1.29, 1.82) is 0 Å². The minimum atomic E-state index is -0.961. The number of hydrogen-bond acceptors (Lipinski definition) is 4. The molecular weight excluding hydrogens is 317 g/mol. The van der Waals surface area contributed by atoms with E-state index in [4.69, 9.17) is 0 Å². The molecule has 3 aromatic rings. The molecule has 122 valence electrons. The van der Waals surface area contributed by atoms with Crippen molar-refractivity contribution in [2.75, 3.05) is 10.6 Å². The number of anilines is 4.